The van der Waals surface area contributed by atoms with Gasteiger partial charge in [0.05, 0.1) is 0 Å². The van der Waals surface area contributed by atoms with Gasteiger partial charge in [0.2, 0.25) is 0 Å². The number of amides is 2. The fourth-order valence-corrected chi connectivity index (χ4v) is 0.817. The summed E-state index contributed by atoms with van der Waals surface area (Å²) in [5.41, 5.74) is 5.11. The van der Waals surface area contributed by atoms with E-state index >= 15 is 0 Å². The SMILES string of the molecule is NCCNC(=O)N(CC(=O)O)CC(=O)O. The Morgan fingerprint density at radius 3 is 1.93 bits per heavy atom. The minimum Gasteiger partial charge on any atom is -0.480 e. The minimum atomic E-state index is -1.28. The topological polar surface area (TPSA) is 133 Å². The van der Waals surface area contributed by atoms with Gasteiger partial charge in [-0.15, -0.1) is 0 Å². The van der Waals surface area contributed by atoms with E-state index in [1.807, 2.05) is 0 Å². The quantitative estimate of drug-likeness (QED) is 0.413. The second kappa shape index (κ2) is 6.60. The number of hydrogen-bond acceptors (Lipinski definition) is 4. The largest absolute Gasteiger partial charge is 0.480 e. The molecule has 0 heterocycles. The molecule has 8 heteroatoms. The molecule has 0 fully saturated rings. The highest BCUT2D eigenvalue weighted by Crippen LogP contribution is 1.89. The van der Waals surface area contributed by atoms with E-state index in [2.05, 4.69) is 5.32 Å². The highest BCUT2D eigenvalue weighted by atomic mass is 16.4. The Bertz CT molecular complexity index is 239. The van der Waals surface area contributed by atoms with Crippen molar-refractivity contribution < 1.29 is 24.6 Å². The van der Waals surface area contributed by atoms with Crippen molar-refractivity contribution in [3.05, 3.63) is 0 Å². The smallest absolute Gasteiger partial charge is 0.323 e. The van der Waals surface area contributed by atoms with E-state index < -0.39 is 31.1 Å². The fourth-order valence-electron chi connectivity index (χ4n) is 0.817. The number of carbonyl (C=O) groups excluding carboxylic acids is 1. The van der Waals surface area contributed by atoms with Gasteiger partial charge in [-0.1, -0.05) is 0 Å². The van der Waals surface area contributed by atoms with Crippen molar-refractivity contribution in [3.8, 4) is 0 Å². The third-order valence-corrected chi connectivity index (χ3v) is 1.36. The number of carbonyl (C=O) groups is 3. The molecule has 5 N–H and O–H groups in total. The van der Waals surface area contributed by atoms with Gasteiger partial charge >= 0.3 is 18.0 Å². The van der Waals surface area contributed by atoms with Crippen molar-refractivity contribution in [3.63, 3.8) is 0 Å². The van der Waals surface area contributed by atoms with E-state index in [9.17, 15) is 14.4 Å². The van der Waals surface area contributed by atoms with Gasteiger partial charge < -0.3 is 26.2 Å². The predicted molar refractivity (Wildman–Crippen MR) is 49.3 cm³/mol. The lowest BCUT2D eigenvalue weighted by atomic mass is 10.5. The molecule has 0 atom stereocenters. The molecule has 0 spiro atoms. The first-order chi connectivity index (χ1) is 6.97. The van der Waals surface area contributed by atoms with Crippen LogP contribution in [0.1, 0.15) is 0 Å². The van der Waals surface area contributed by atoms with Crippen LogP contribution in [0.4, 0.5) is 4.79 Å². The van der Waals surface area contributed by atoms with Crippen LogP contribution >= 0.6 is 0 Å². The summed E-state index contributed by atoms with van der Waals surface area (Å²) in [7, 11) is 0. The van der Waals surface area contributed by atoms with Crippen molar-refractivity contribution in [2.45, 2.75) is 0 Å². The molecule has 86 valence electrons. The maximum atomic E-state index is 11.2. The molecule has 8 nitrogen and oxygen atoms in total. The Morgan fingerprint density at radius 2 is 1.60 bits per heavy atom. The summed E-state index contributed by atoms with van der Waals surface area (Å²) in [6, 6.07) is -0.759. The van der Waals surface area contributed by atoms with Crippen LogP contribution in [-0.4, -0.2) is 59.3 Å². The van der Waals surface area contributed by atoms with Gasteiger partial charge in [0, 0.05) is 13.1 Å². The molecular weight excluding hydrogens is 206 g/mol. The molecule has 0 saturated heterocycles. The van der Waals surface area contributed by atoms with E-state index in [0.717, 1.165) is 0 Å². The van der Waals surface area contributed by atoms with Crippen molar-refractivity contribution in [1.29, 1.82) is 0 Å². The van der Waals surface area contributed by atoms with Crippen LogP contribution in [0.2, 0.25) is 0 Å². The summed E-state index contributed by atoms with van der Waals surface area (Å²) in [4.78, 5) is 32.5. The number of nitrogens with zero attached hydrogens (tertiary/aromatic N) is 1. The Labute approximate surface area is 85.7 Å². The number of hydrogen-bond donors (Lipinski definition) is 4. The Kier molecular flexibility index (Phi) is 5.79. The lowest BCUT2D eigenvalue weighted by Gasteiger charge is -2.18. The van der Waals surface area contributed by atoms with Crippen molar-refractivity contribution in [2.75, 3.05) is 26.2 Å². The van der Waals surface area contributed by atoms with Gasteiger partial charge in [0.15, 0.2) is 0 Å². The molecule has 0 radical (unpaired) electrons. The van der Waals surface area contributed by atoms with E-state index in [1.165, 1.54) is 0 Å². The molecule has 0 unspecified atom stereocenters. The summed E-state index contributed by atoms with van der Waals surface area (Å²) >= 11 is 0. The second-order valence-corrected chi connectivity index (χ2v) is 2.66. The van der Waals surface area contributed by atoms with Crippen LogP contribution in [0, 0.1) is 0 Å². The number of nitrogens with two attached hydrogens (primary N) is 1. The van der Waals surface area contributed by atoms with E-state index in [4.69, 9.17) is 15.9 Å². The first-order valence-corrected chi connectivity index (χ1v) is 4.13. The molecule has 2 amide bonds. The van der Waals surface area contributed by atoms with Crippen molar-refractivity contribution in [1.82, 2.24) is 10.2 Å². The Hall–Kier alpha value is -1.83. The third kappa shape index (κ3) is 6.27. The molecule has 0 aromatic carbocycles. The fraction of sp³-hybridized carbons (Fsp3) is 0.571. The number of aliphatic carboxylic acids is 2. The molecule has 0 bridgehead atoms. The Balaban J connectivity index is 4.26. The summed E-state index contributed by atoms with van der Waals surface area (Å²) in [5, 5.41) is 19.1. The summed E-state index contributed by atoms with van der Waals surface area (Å²) in [6.45, 7) is -0.973. The first-order valence-electron chi connectivity index (χ1n) is 4.13. The lowest BCUT2D eigenvalue weighted by molar-refractivity contribution is -0.140. The Morgan fingerprint density at radius 1 is 1.13 bits per heavy atom. The minimum absolute atomic E-state index is 0.161. The molecule has 0 rings (SSSR count). The lowest BCUT2D eigenvalue weighted by Crippen LogP contribution is -2.46. The third-order valence-electron chi connectivity index (χ3n) is 1.36. The monoisotopic (exact) mass is 219 g/mol. The normalized spacial score (nSPS) is 9.40. The van der Waals surface area contributed by atoms with Crippen LogP contribution in [-0.2, 0) is 9.59 Å². The maximum Gasteiger partial charge on any atom is 0.323 e. The van der Waals surface area contributed by atoms with Crippen LogP contribution in [0.25, 0.3) is 0 Å². The molecule has 0 aromatic rings. The first kappa shape index (κ1) is 13.2. The molecule has 0 aromatic heterocycles. The molecular formula is C7H13N3O5. The molecule has 0 saturated carbocycles. The average molecular weight is 219 g/mol. The van der Waals surface area contributed by atoms with Crippen molar-refractivity contribution >= 4 is 18.0 Å². The van der Waals surface area contributed by atoms with E-state index in [1.54, 1.807) is 0 Å². The number of carboxylic acids is 2. The van der Waals surface area contributed by atoms with Gasteiger partial charge in [-0.2, -0.15) is 0 Å². The van der Waals surface area contributed by atoms with Gasteiger partial charge in [-0.3, -0.25) is 9.59 Å². The van der Waals surface area contributed by atoms with Gasteiger partial charge in [0.25, 0.3) is 0 Å². The van der Waals surface area contributed by atoms with E-state index in [0.29, 0.717) is 4.90 Å². The van der Waals surface area contributed by atoms with Crippen LogP contribution < -0.4 is 11.1 Å². The highest BCUT2D eigenvalue weighted by molar-refractivity contribution is 5.84. The summed E-state index contributed by atoms with van der Waals surface area (Å²) in [6.07, 6.45) is 0. The van der Waals surface area contributed by atoms with Crippen molar-refractivity contribution in [2.24, 2.45) is 5.73 Å². The number of carboxylic acid groups (broad SMARTS) is 2. The number of rotatable bonds is 6. The summed E-state index contributed by atoms with van der Waals surface area (Å²) < 4.78 is 0. The molecule has 15 heavy (non-hydrogen) atoms. The molecule has 0 aliphatic carbocycles. The average Bonchev–Trinajstić information content (AvgIpc) is 2.11. The van der Waals surface area contributed by atoms with Crippen LogP contribution in [0.3, 0.4) is 0 Å². The predicted octanol–water partition coefficient (Wildman–Crippen LogP) is -1.87. The molecule has 0 aliphatic heterocycles. The number of nitrogens with one attached hydrogen (secondary N) is 1. The van der Waals surface area contributed by atoms with Gasteiger partial charge in [0.1, 0.15) is 13.1 Å². The summed E-state index contributed by atoms with van der Waals surface area (Å²) in [5.74, 6) is -2.56. The second-order valence-electron chi connectivity index (χ2n) is 2.66. The van der Waals surface area contributed by atoms with E-state index in [-0.39, 0.29) is 13.1 Å². The van der Waals surface area contributed by atoms with Crippen LogP contribution in [0.5, 0.6) is 0 Å². The standard InChI is InChI=1S/C7H13N3O5/c8-1-2-9-7(15)10(3-5(11)12)4-6(13)14/h1-4,8H2,(H,9,15)(H,11,12)(H,13,14). The number of urea groups is 1. The van der Waals surface area contributed by atoms with Gasteiger partial charge in [-0.25, -0.2) is 4.79 Å². The maximum absolute atomic E-state index is 11.2. The zero-order valence-electron chi connectivity index (χ0n) is 7.97. The zero-order valence-corrected chi connectivity index (χ0v) is 7.97. The van der Waals surface area contributed by atoms with Crippen LogP contribution in [0.15, 0.2) is 0 Å². The zero-order chi connectivity index (χ0) is 11.8. The highest BCUT2D eigenvalue weighted by Gasteiger charge is 2.18. The van der Waals surface area contributed by atoms with Gasteiger partial charge in [-0.05, 0) is 0 Å². The molecule has 0 aliphatic rings.